The first-order valence-electron chi connectivity index (χ1n) is 5.64. The number of hydrogen-bond donors (Lipinski definition) is 0. The van der Waals surface area contributed by atoms with Crippen LogP contribution in [0, 0.1) is 0 Å². The van der Waals surface area contributed by atoms with Gasteiger partial charge in [0.1, 0.15) is 0 Å². The maximum absolute atomic E-state index is 12.5. The van der Waals surface area contributed by atoms with E-state index < -0.39 is 0 Å². The fourth-order valence-electron chi connectivity index (χ4n) is 2.21. The fraction of sp³-hybridized carbons (Fsp3) is 0.0769. The van der Waals surface area contributed by atoms with Gasteiger partial charge < -0.3 is 9.47 Å². The standard InChI is InChI=1S/C13H7ClN2O3/c14-12-9-2-1-3-16(9)13(17)7-4-10-11(19-6-18-10)5-8(7)15-12/h1-5H,6H2. The van der Waals surface area contributed by atoms with Crippen molar-refractivity contribution in [1.29, 1.82) is 0 Å². The molecule has 3 heterocycles. The van der Waals surface area contributed by atoms with Crippen LogP contribution in [-0.2, 0) is 0 Å². The molecule has 0 aliphatic carbocycles. The van der Waals surface area contributed by atoms with Crippen LogP contribution in [0.15, 0.2) is 35.3 Å². The van der Waals surface area contributed by atoms with Crippen molar-refractivity contribution in [2.75, 3.05) is 6.79 Å². The first kappa shape index (κ1) is 10.6. The number of benzene rings is 1. The van der Waals surface area contributed by atoms with Crippen LogP contribution in [0.5, 0.6) is 11.5 Å². The lowest BCUT2D eigenvalue weighted by molar-refractivity contribution is 0.174. The second-order valence-electron chi connectivity index (χ2n) is 4.19. The van der Waals surface area contributed by atoms with Gasteiger partial charge in [-0.1, -0.05) is 11.6 Å². The van der Waals surface area contributed by atoms with Crippen LogP contribution in [0.2, 0.25) is 5.15 Å². The molecule has 5 nitrogen and oxygen atoms in total. The van der Waals surface area contributed by atoms with Gasteiger partial charge in [-0.3, -0.25) is 9.20 Å². The van der Waals surface area contributed by atoms with Crippen molar-refractivity contribution in [3.8, 4) is 11.5 Å². The molecular formula is C13H7ClN2O3. The number of rotatable bonds is 0. The Morgan fingerprint density at radius 3 is 2.89 bits per heavy atom. The summed E-state index contributed by atoms with van der Waals surface area (Å²) in [7, 11) is 0. The van der Waals surface area contributed by atoms with E-state index in [0.717, 1.165) is 0 Å². The molecule has 19 heavy (non-hydrogen) atoms. The SMILES string of the molecule is O=c1c2cc3c(cc2nc(Cl)c2cccn12)OCO3. The lowest BCUT2D eigenvalue weighted by Gasteiger charge is -1.96. The predicted molar refractivity (Wildman–Crippen MR) is 70.1 cm³/mol. The highest BCUT2D eigenvalue weighted by Gasteiger charge is 2.17. The summed E-state index contributed by atoms with van der Waals surface area (Å²) in [6.45, 7) is 0.151. The lowest BCUT2D eigenvalue weighted by Crippen LogP contribution is -2.08. The highest BCUT2D eigenvalue weighted by molar-refractivity contribution is 6.32. The molecule has 0 fully saturated rings. The van der Waals surface area contributed by atoms with Gasteiger partial charge >= 0.3 is 0 Å². The van der Waals surface area contributed by atoms with Gasteiger partial charge in [0.05, 0.1) is 16.4 Å². The minimum atomic E-state index is -0.187. The van der Waals surface area contributed by atoms with Crippen molar-refractivity contribution >= 4 is 28.0 Å². The molecule has 3 aromatic rings. The summed E-state index contributed by atoms with van der Waals surface area (Å²) >= 11 is 6.14. The maximum Gasteiger partial charge on any atom is 0.264 e. The molecule has 94 valence electrons. The van der Waals surface area contributed by atoms with Gasteiger partial charge in [0.25, 0.3) is 5.56 Å². The minimum Gasteiger partial charge on any atom is -0.454 e. The Balaban J connectivity index is 2.28. The molecule has 2 aromatic heterocycles. The Hall–Kier alpha value is -2.27. The van der Waals surface area contributed by atoms with Crippen molar-refractivity contribution in [3.05, 3.63) is 46.0 Å². The topological polar surface area (TPSA) is 52.8 Å². The second-order valence-corrected chi connectivity index (χ2v) is 4.55. The first-order valence-corrected chi connectivity index (χ1v) is 6.02. The van der Waals surface area contributed by atoms with Gasteiger partial charge in [0.15, 0.2) is 16.7 Å². The number of ether oxygens (including phenoxy) is 2. The van der Waals surface area contributed by atoms with Crippen molar-refractivity contribution in [3.63, 3.8) is 0 Å². The summed E-state index contributed by atoms with van der Waals surface area (Å²) in [5.74, 6) is 1.13. The van der Waals surface area contributed by atoms with Crippen LogP contribution < -0.4 is 15.0 Å². The van der Waals surface area contributed by atoms with E-state index in [0.29, 0.717) is 27.9 Å². The van der Waals surface area contributed by atoms with E-state index in [2.05, 4.69) is 4.98 Å². The number of fused-ring (bicyclic) bond motifs is 3. The average molecular weight is 275 g/mol. The number of nitrogens with zero attached hydrogens (tertiary/aromatic N) is 2. The fourth-order valence-corrected chi connectivity index (χ4v) is 2.46. The molecule has 0 spiro atoms. The quantitative estimate of drug-likeness (QED) is 0.631. The van der Waals surface area contributed by atoms with Crippen LogP contribution in [0.3, 0.4) is 0 Å². The molecule has 1 aliphatic rings. The van der Waals surface area contributed by atoms with Crippen molar-refractivity contribution in [2.24, 2.45) is 0 Å². The summed E-state index contributed by atoms with van der Waals surface area (Å²) in [4.78, 5) is 16.8. The summed E-state index contributed by atoms with van der Waals surface area (Å²) < 4.78 is 12.0. The number of halogens is 1. The van der Waals surface area contributed by atoms with E-state index in [1.54, 1.807) is 30.5 Å². The third-order valence-corrected chi connectivity index (χ3v) is 3.40. The zero-order valence-corrected chi connectivity index (χ0v) is 10.3. The molecule has 0 unspecified atom stereocenters. The van der Waals surface area contributed by atoms with E-state index in [1.165, 1.54) is 4.40 Å². The minimum absolute atomic E-state index is 0.151. The van der Waals surface area contributed by atoms with Crippen LogP contribution >= 0.6 is 11.6 Å². The molecule has 6 heteroatoms. The summed E-state index contributed by atoms with van der Waals surface area (Å²) in [5.41, 5.74) is 0.875. The Labute approximate surface area is 112 Å². The Morgan fingerprint density at radius 2 is 2.05 bits per heavy atom. The Kier molecular flexibility index (Phi) is 2.02. The van der Waals surface area contributed by atoms with Crippen molar-refractivity contribution in [1.82, 2.24) is 9.38 Å². The average Bonchev–Trinajstić information content (AvgIpc) is 3.03. The molecule has 0 N–H and O–H groups in total. The van der Waals surface area contributed by atoms with Crippen molar-refractivity contribution < 1.29 is 9.47 Å². The van der Waals surface area contributed by atoms with Gasteiger partial charge in [-0.15, -0.1) is 0 Å². The summed E-state index contributed by atoms with van der Waals surface area (Å²) in [5, 5.41) is 0.716. The van der Waals surface area contributed by atoms with Crippen LogP contribution in [0.4, 0.5) is 0 Å². The Morgan fingerprint density at radius 1 is 1.26 bits per heavy atom. The molecule has 0 saturated carbocycles. The van der Waals surface area contributed by atoms with Gasteiger partial charge in [0.2, 0.25) is 6.79 Å². The van der Waals surface area contributed by atoms with E-state index in [4.69, 9.17) is 21.1 Å². The predicted octanol–water partition coefficient (Wildman–Crippen LogP) is 2.23. The van der Waals surface area contributed by atoms with E-state index >= 15 is 0 Å². The van der Waals surface area contributed by atoms with Gasteiger partial charge in [-0.25, -0.2) is 4.98 Å². The highest BCUT2D eigenvalue weighted by Crippen LogP contribution is 2.34. The molecule has 0 saturated heterocycles. The third-order valence-electron chi connectivity index (χ3n) is 3.12. The number of hydrogen-bond acceptors (Lipinski definition) is 4. The van der Waals surface area contributed by atoms with Crippen LogP contribution in [0.25, 0.3) is 16.4 Å². The monoisotopic (exact) mass is 274 g/mol. The second kappa shape index (κ2) is 3.61. The van der Waals surface area contributed by atoms with Crippen LogP contribution in [0.1, 0.15) is 0 Å². The summed E-state index contributed by atoms with van der Waals surface area (Å²) in [6, 6.07) is 6.81. The molecule has 1 aromatic carbocycles. The van der Waals surface area contributed by atoms with E-state index in [9.17, 15) is 4.79 Å². The Bertz CT molecular complexity index is 888. The largest absolute Gasteiger partial charge is 0.454 e. The zero-order chi connectivity index (χ0) is 13.0. The first-order chi connectivity index (χ1) is 9.24. The molecule has 0 radical (unpaired) electrons. The smallest absolute Gasteiger partial charge is 0.264 e. The normalized spacial score (nSPS) is 13.3. The lowest BCUT2D eigenvalue weighted by atomic mass is 10.2. The van der Waals surface area contributed by atoms with Gasteiger partial charge in [0, 0.05) is 12.3 Å². The van der Waals surface area contributed by atoms with Gasteiger partial charge in [-0.05, 0) is 18.2 Å². The molecule has 0 bridgehead atoms. The third kappa shape index (κ3) is 1.42. The molecular weight excluding hydrogens is 268 g/mol. The molecule has 1 aliphatic heterocycles. The number of aromatic nitrogens is 2. The summed E-state index contributed by atoms with van der Waals surface area (Å²) in [6.07, 6.45) is 1.66. The molecule has 0 amide bonds. The van der Waals surface area contributed by atoms with Gasteiger partial charge in [-0.2, -0.15) is 0 Å². The van der Waals surface area contributed by atoms with E-state index in [-0.39, 0.29) is 17.5 Å². The zero-order valence-electron chi connectivity index (χ0n) is 9.59. The van der Waals surface area contributed by atoms with E-state index in [1.807, 2.05) is 0 Å². The maximum atomic E-state index is 12.5. The highest BCUT2D eigenvalue weighted by atomic mass is 35.5. The molecule has 0 atom stereocenters. The molecule has 4 rings (SSSR count). The van der Waals surface area contributed by atoms with Crippen molar-refractivity contribution in [2.45, 2.75) is 0 Å². The van der Waals surface area contributed by atoms with Crippen LogP contribution in [-0.4, -0.2) is 16.2 Å².